The normalized spacial score (nSPS) is 28.9. The van der Waals surface area contributed by atoms with Crippen LogP contribution in [0.5, 0.6) is 0 Å². The summed E-state index contributed by atoms with van der Waals surface area (Å²) < 4.78 is 11.4. The summed E-state index contributed by atoms with van der Waals surface area (Å²) >= 11 is 0. The van der Waals surface area contributed by atoms with E-state index in [1.807, 2.05) is 17.0 Å². The van der Waals surface area contributed by atoms with Crippen LogP contribution in [0.4, 0.5) is 0 Å². The van der Waals surface area contributed by atoms with Gasteiger partial charge >= 0.3 is 0 Å². The maximum Gasteiger partial charge on any atom is 0.222 e. The lowest BCUT2D eigenvalue weighted by atomic mass is 9.83. The smallest absolute Gasteiger partial charge is 0.222 e. The van der Waals surface area contributed by atoms with Crippen LogP contribution in [0.3, 0.4) is 0 Å². The highest BCUT2D eigenvalue weighted by Gasteiger charge is 2.42. The number of fused-ring (bicyclic) bond motifs is 1. The molecule has 4 heterocycles. The fourth-order valence-corrected chi connectivity index (χ4v) is 4.78. The third kappa shape index (κ3) is 5.34. The van der Waals surface area contributed by atoms with E-state index in [0.29, 0.717) is 43.7 Å². The largest absolute Gasteiger partial charge is 0.381 e. The first-order chi connectivity index (χ1) is 14.2. The molecule has 29 heavy (non-hydrogen) atoms. The highest BCUT2D eigenvalue weighted by molar-refractivity contribution is 5.77. The van der Waals surface area contributed by atoms with Crippen LogP contribution in [0.25, 0.3) is 0 Å². The van der Waals surface area contributed by atoms with Crippen LogP contribution in [0, 0.1) is 17.8 Å². The van der Waals surface area contributed by atoms with Gasteiger partial charge in [-0.25, -0.2) is 0 Å². The molecule has 0 aliphatic carbocycles. The molecular weight excluding hydrogens is 370 g/mol. The molecule has 3 aliphatic heterocycles. The second kappa shape index (κ2) is 9.67. The van der Waals surface area contributed by atoms with E-state index in [2.05, 4.69) is 10.3 Å². The Kier molecular flexibility index (Phi) is 6.77. The lowest BCUT2D eigenvalue weighted by molar-refractivity contribution is -0.134. The average Bonchev–Trinajstić information content (AvgIpc) is 3.41. The summed E-state index contributed by atoms with van der Waals surface area (Å²) in [7, 11) is 0. The van der Waals surface area contributed by atoms with Crippen LogP contribution in [0.1, 0.15) is 37.7 Å². The molecule has 0 aromatic carbocycles. The second-order valence-corrected chi connectivity index (χ2v) is 8.53. The van der Waals surface area contributed by atoms with Gasteiger partial charge in [-0.3, -0.25) is 14.6 Å². The van der Waals surface area contributed by atoms with Crippen molar-refractivity contribution in [3.63, 3.8) is 0 Å². The zero-order valence-electron chi connectivity index (χ0n) is 16.9. The fraction of sp³-hybridized carbons (Fsp3) is 0.682. The van der Waals surface area contributed by atoms with E-state index in [1.54, 1.807) is 12.4 Å². The van der Waals surface area contributed by atoms with Crippen molar-refractivity contribution >= 4 is 11.8 Å². The molecule has 0 saturated carbocycles. The second-order valence-electron chi connectivity index (χ2n) is 8.53. The van der Waals surface area contributed by atoms with Crippen LogP contribution in [-0.4, -0.2) is 60.7 Å². The van der Waals surface area contributed by atoms with Gasteiger partial charge < -0.3 is 19.7 Å². The van der Waals surface area contributed by atoms with Crippen molar-refractivity contribution < 1.29 is 19.1 Å². The van der Waals surface area contributed by atoms with Gasteiger partial charge in [0.1, 0.15) is 0 Å². The van der Waals surface area contributed by atoms with Crippen LogP contribution in [0.2, 0.25) is 0 Å². The molecule has 3 aliphatic rings. The highest BCUT2D eigenvalue weighted by Crippen LogP contribution is 2.36. The first kappa shape index (κ1) is 20.3. The van der Waals surface area contributed by atoms with Crippen molar-refractivity contribution in [3.05, 3.63) is 30.1 Å². The monoisotopic (exact) mass is 401 g/mol. The van der Waals surface area contributed by atoms with Crippen LogP contribution in [-0.2, 0) is 25.6 Å². The molecule has 0 spiro atoms. The molecule has 1 N–H and O–H groups in total. The SMILES string of the molecule is O=C(C[C@@H]1OC[C@H]2CN(C(=O)CCC3CCOC3)CC[C@@H]21)NCc1ccncc1. The molecule has 4 rings (SSSR count). The van der Waals surface area contributed by atoms with Gasteiger partial charge in [-0.15, -0.1) is 0 Å². The molecule has 7 nitrogen and oxygen atoms in total. The third-order valence-electron chi connectivity index (χ3n) is 6.56. The van der Waals surface area contributed by atoms with Gasteiger partial charge in [0.15, 0.2) is 0 Å². The van der Waals surface area contributed by atoms with Gasteiger partial charge in [-0.1, -0.05) is 0 Å². The number of ether oxygens (including phenoxy) is 2. The Hall–Kier alpha value is -1.99. The number of nitrogens with zero attached hydrogens (tertiary/aromatic N) is 2. The number of amides is 2. The summed E-state index contributed by atoms with van der Waals surface area (Å²) in [6.45, 7) is 4.33. The Morgan fingerprint density at radius 1 is 1.21 bits per heavy atom. The molecule has 2 amide bonds. The number of pyridine rings is 1. The number of hydrogen-bond acceptors (Lipinski definition) is 5. The van der Waals surface area contributed by atoms with Crippen LogP contribution in [0.15, 0.2) is 24.5 Å². The lowest BCUT2D eigenvalue weighted by Crippen LogP contribution is -2.45. The fourth-order valence-electron chi connectivity index (χ4n) is 4.78. The van der Waals surface area contributed by atoms with Crippen molar-refractivity contribution in [2.45, 2.75) is 44.8 Å². The minimum absolute atomic E-state index is 0.0183. The molecule has 1 aromatic rings. The van der Waals surface area contributed by atoms with Gasteiger partial charge in [-0.2, -0.15) is 0 Å². The van der Waals surface area contributed by atoms with Crippen LogP contribution >= 0.6 is 0 Å². The van der Waals surface area contributed by atoms with Crippen molar-refractivity contribution in [1.29, 1.82) is 0 Å². The summed E-state index contributed by atoms with van der Waals surface area (Å²) in [4.78, 5) is 30.9. The Labute approximate surface area is 172 Å². The minimum Gasteiger partial charge on any atom is -0.381 e. The Morgan fingerprint density at radius 3 is 2.86 bits per heavy atom. The van der Waals surface area contributed by atoms with Gasteiger partial charge in [0.2, 0.25) is 11.8 Å². The zero-order chi connectivity index (χ0) is 20.1. The van der Waals surface area contributed by atoms with Gasteiger partial charge in [-0.05, 0) is 48.8 Å². The number of hydrogen-bond donors (Lipinski definition) is 1. The molecule has 7 heteroatoms. The number of nitrogens with one attached hydrogen (secondary N) is 1. The summed E-state index contributed by atoms with van der Waals surface area (Å²) in [5, 5.41) is 2.97. The number of aromatic nitrogens is 1. The van der Waals surface area contributed by atoms with E-state index < -0.39 is 0 Å². The molecule has 0 radical (unpaired) electrons. The van der Waals surface area contributed by atoms with Crippen LogP contribution < -0.4 is 5.32 Å². The number of piperidine rings is 1. The molecule has 4 atom stereocenters. The van der Waals surface area contributed by atoms with E-state index in [4.69, 9.17) is 9.47 Å². The molecule has 0 bridgehead atoms. The first-order valence-electron chi connectivity index (χ1n) is 10.8. The molecule has 158 valence electrons. The standard InChI is InChI=1S/C22H31N3O4/c26-21(24-12-16-3-7-23-8-4-16)11-20-19-5-9-25(13-18(19)15-29-20)22(27)2-1-17-6-10-28-14-17/h3-4,7-8,17-20H,1-2,5-6,9-15H2,(H,24,26)/t17?,18-,19+,20+/m1/s1. The van der Waals surface area contributed by atoms with Gasteiger partial charge in [0.05, 0.1) is 19.1 Å². The third-order valence-corrected chi connectivity index (χ3v) is 6.56. The molecule has 3 saturated heterocycles. The molecule has 3 fully saturated rings. The summed E-state index contributed by atoms with van der Waals surface area (Å²) in [6.07, 6.45) is 7.35. The predicted molar refractivity (Wildman–Crippen MR) is 107 cm³/mol. The van der Waals surface area contributed by atoms with Gasteiger partial charge in [0.25, 0.3) is 0 Å². The Balaban J connectivity index is 1.20. The lowest BCUT2D eigenvalue weighted by Gasteiger charge is -2.35. The summed E-state index contributed by atoms with van der Waals surface area (Å²) in [5.41, 5.74) is 1.04. The summed E-state index contributed by atoms with van der Waals surface area (Å²) in [5.74, 6) is 1.54. The highest BCUT2D eigenvalue weighted by atomic mass is 16.5. The van der Waals surface area contributed by atoms with E-state index in [1.165, 1.54) is 0 Å². The van der Waals surface area contributed by atoms with E-state index in [9.17, 15) is 9.59 Å². The number of carbonyl (C=O) groups is 2. The maximum atomic E-state index is 12.6. The number of rotatable bonds is 7. The van der Waals surface area contributed by atoms with E-state index in [-0.39, 0.29) is 17.9 Å². The first-order valence-corrected chi connectivity index (χ1v) is 10.8. The Bertz CT molecular complexity index is 693. The van der Waals surface area contributed by atoms with E-state index in [0.717, 1.165) is 51.1 Å². The summed E-state index contributed by atoms with van der Waals surface area (Å²) in [6, 6.07) is 3.80. The Morgan fingerprint density at radius 2 is 2.07 bits per heavy atom. The topological polar surface area (TPSA) is 80.8 Å². The molecule has 1 unspecified atom stereocenters. The molecule has 1 aromatic heterocycles. The quantitative estimate of drug-likeness (QED) is 0.753. The number of likely N-dealkylation sites (tertiary alicyclic amines) is 1. The number of carbonyl (C=O) groups excluding carboxylic acids is 2. The van der Waals surface area contributed by atoms with Crippen molar-refractivity contribution in [3.8, 4) is 0 Å². The maximum absolute atomic E-state index is 12.6. The minimum atomic E-state index is -0.0367. The van der Waals surface area contributed by atoms with Crippen molar-refractivity contribution in [2.24, 2.45) is 17.8 Å². The predicted octanol–water partition coefficient (Wildman–Crippen LogP) is 1.77. The molecular formula is C22H31N3O4. The zero-order valence-corrected chi connectivity index (χ0v) is 16.9. The average molecular weight is 402 g/mol. The van der Waals surface area contributed by atoms with Gasteiger partial charge in [0, 0.05) is 57.6 Å². The van der Waals surface area contributed by atoms with E-state index >= 15 is 0 Å². The van der Waals surface area contributed by atoms with Crippen molar-refractivity contribution in [2.75, 3.05) is 32.9 Å². The van der Waals surface area contributed by atoms with Crippen molar-refractivity contribution in [1.82, 2.24) is 15.2 Å².